The Hall–Kier alpha value is -2.67. The van der Waals surface area contributed by atoms with Gasteiger partial charge in [-0.25, -0.2) is 4.79 Å². The van der Waals surface area contributed by atoms with Crippen molar-refractivity contribution in [2.24, 2.45) is 0 Å². The minimum absolute atomic E-state index is 0.0420. The Morgan fingerprint density at radius 2 is 1.93 bits per heavy atom. The van der Waals surface area contributed by atoms with Gasteiger partial charge in [0.05, 0.1) is 0 Å². The van der Waals surface area contributed by atoms with E-state index < -0.39 is 17.5 Å². The van der Waals surface area contributed by atoms with Gasteiger partial charge < -0.3 is 10.6 Å². The monoisotopic (exact) mass is 397 g/mol. The summed E-state index contributed by atoms with van der Waals surface area (Å²) in [6.45, 7) is 1.92. The molecule has 2 aliphatic rings. The highest BCUT2D eigenvalue weighted by Crippen LogP contribution is 2.43. The number of hydrogen-bond donors (Lipinski definition) is 2. The molecule has 7 heteroatoms. The van der Waals surface area contributed by atoms with Crippen molar-refractivity contribution in [3.63, 3.8) is 0 Å². The summed E-state index contributed by atoms with van der Waals surface area (Å²) >= 11 is 1.40. The minimum atomic E-state index is -1.11. The number of carbonyl (C=O) groups is 3. The molecule has 4 rings (SSSR count). The fourth-order valence-corrected chi connectivity index (χ4v) is 4.84. The van der Waals surface area contributed by atoms with Crippen molar-refractivity contribution in [1.82, 2.24) is 15.5 Å². The molecule has 146 valence electrons. The van der Waals surface area contributed by atoms with Gasteiger partial charge >= 0.3 is 6.03 Å². The van der Waals surface area contributed by atoms with Crippen LogP contribution in [0.1, 0.15) is 36.6 Å². The lowest BCUT2D eigenvalue weighted by Gasteiger charge is -2.42. The zero-order chi connectivity index (χ0) is 19.8. The average Bonchev–Trinajstić information content (AvgIpc) is 3.26. The molecule has 0 radical (unpaired) electrons. The van der Waals surface area contributed by atoms with E-state index in [4.69, 9.17) is 0 Å². The van der Waals surface area contributed by atoms with E-state index in [0.29, 0.717) is 6.54 Å². The predicted octanol–water partition coefficient (Wildman–Crippen LogP) is 2.75. The molecule has 6 nitrogen and oxygen atoms in total. The first-order valence-electron chi connectivity index (χ1n) is 9.45. The Kier molecular flexibility index (Phi) is 4.71. The van der Waals surface area contributed by atoms with Crippen LogP contribution in [0.4, 0.5) is 4.79 Å². The van der Waals surface area contributed by atoms with Crippen LogP contribution >= 0.6 is 11.3 Å². The Labute approximate surface area is 167 Å². The molecule has 2 fully saturated rings. The summed E-state index contributed by atoms with van der Waals surface area (Å²) in [6, 6.07) is 13.3. The molecule has 0 bridgehead atoms. The van der Waals surface area contributed by atoms with Gasteiger partial charge in [0.1, 0.15) is 6.54 Å². The molecule has 1 aromatic heterocycles. The van der Waals surface area contributed by atoms with E-state index in [1.165, 1.54) is 16.9 Å². The van der Waals surface area contributed by atoms with Crippen molar-refractivity contribution in [1.29, 1.82) is 0 Å². The van der Waals surface area contributed by atoms with E-state index in [1.54, 1.807) is 6.92 Å². The van der Waals surface area contributed by atoms with Crippen LogP contribution in [-0.2, 0) is 20.5 Å². The van der Waals surface area contributed by atoms with Crippen LogP contribution in [0.3, 0.4) is 0 Å². The smallest absolute Gasteiger partial charge is 0.325 e. The molecule has 2 heterocycles. The number of nitrogens with one attached hydrogen (secondary N) is 2. The van der Waals surface area contributed by atoms with E-state index in [-0.39, 0.29) is 17.9 Å². The number of benzene rings is 1. The zero-order valence-corrected chi connectivity index (χ0v) is 16.6. The van der Waals surface area contributed by atoms with Crippen LogP contribution < -0.4 is 10.6 Å². The van der Waals surface area contributed by atoms with Gasteiger partial charge in [0, 0.05) is 16.8 Å². The Morgan fingerprint density at radius 1 is 1.18 bits per heavy atom. The van der Waals surface area contributed by atoms with Crippen molar-refractivity contribution in [3.8, 4) is 0 Å². The molecule has 2 N–H and O–H groups in total. The van der Waals surface area contributed by atoms with Crippen LogP contribution in [-0.4, -0.2) is 35.8 Å². The third kappa shape index (κ3) is 3.09. The number of amides is 4. The molecule has 2 aromatic rings. The van der Waals surface area contributed by atoms with Crippen molar-refractivity contribution < 1.29 is 14.4 Å². The third-order valence-corrected chi connectivity index (χ3v) is 7.00. The van der Waals surface area contributed by atoms with Gasteiger partial charge in [0.15, 0.2) is 5.54 Å². The summed E-state index contributed by atoms with van der Waals surface area (Å²) < 4.78 is 0. The molecule has 1 aliphatic heterocycles. The normalized spacial score (nSPS) is 23.2. The molecule has 1 atom stereocenters. The van der Waals surface area contributed by atoms with Crippen molar-refractivity contribution >= 4 is 29.2 Å². The summed E-state index contributed by atoms with van der Waals surface area (Å²) in [4.78, 5) is 39.5. The molecule has 28 heavy (non-hydrogen) atoms. The lowest BCUT2D eigenvalue weighted by atomic mass is 9.64. The molecule has 4 amide bonds. The van der Waals surface area contributed by atoms with Crippen LogP contribution in [0.2, 0.25) is 0 Å². The predicted molar refractivity (Wildman–Crippen MR) is 107 cm³/mol. The summed E-state index contributed by atoms with van der Waals surface area (Å²) in [7, 11) is 0. The van der Waals surface area contributed by atoms with Gasteiger partial charge in [-0.2, -0.15) is 0 Å². The number of carbonyl (C=O) groups excluding carboxylic acids is 3. The third-order valence-electron chi connectivity index (χ3n) is 5.91. The van der Waals surface area contributed by atoms with Gasteiger partial charge in [0.2, 0.25) is 5.91 Å². The van der Waals surface area contributed by atoms with Gasteiger partial charge in [-0.3, -0.25) is 14.5 Å². The summed E-state index contributed by atoms with van der Waals surface area (Å²) in [5.74, 6) is -0.711. The fraction of sp³-hybridized carbons (Fsp3) is 0.381. The first-order valence-corrected chi connectivity index (χ1v) is 10.3. The van der Waals surface area contributed by atoms with Crippen LogP contribution in [0.15, 0.2) is 47.8 Å². The molecular formula is C21H23N3O3S. The molecule has 0 spiro atoms. The van der Waals surface area contributed by atoms with Gasteiger partial charge in [-0.05, 0) is 36.8 Å². The highest BCUT2D eigenvalue weighted by atomic mass is 32.1. The summed E-state index contributed by atoms with van der Waals surface area (Å²) in [5.41, 5.74) is 0.0755. The molecule has 1 saturated carbocycles. The largest absolute Gasteiger partial charge is 0.354 e. The van der Waals surface area contributed by atoms with E-state index in [2.05, 4.69) is 22.8 Å². The topological polar surface area (TPSA) is 78.5 Å². The van der Waals surface area contributed by atoms with Crippen molar-refractivity contribution in [3.05, 3.63) is 58.3 Å². The van der Waals surface area contributed by atoms with E-state index in [0.717, 1.165) is 29.0 Å². The van der Waals surface area contributed by atoms with Gasteiger partial charge in [-0.15, -0.1) is 11.3 Å². The highest BCUT2D eigenvalue weighted by Gasteiger charge is 2.50. The number of hydrogen-bond acceptors (Lipinski definition) is 4. The summed E-state index contributed by atoms with van der Waals surface area (Å²) in [6.07, 6.45) is 3.19. The second kappa shape index (κ2) is 7.05. The van der Waals surface area contributed by atoms with E-state index >= 15 is 0 Å². The maximum Gasteiger partial charge on any atom is 0.325 e. The maximum atomic E-state index is 12.8. The molecule has 1 aromatic carbocycles. The minimum Gasteiger partial charge on any atom is -0.354 e. The Morgan fingerprint density at radius 3 is 2.54 bits per heavy atom. The number of imide groups is 1. The molecule has 1 aliphatic carbocycles. The molecule has 1 saturated heterocycles. The quantitative estimate of drug-likeness (QED) is 0.736. The average molecular weight is 398 g/mol. The van der Waals surface area contributed by atoms with E-state index in [1.807, 2.05) is 35.7 Å². The Bertz CT molecular complexity index is 893. The van der Waals surface area contributed by atoms with Gasteiger partial charge in [-0.1, -0.05) is 42.8 Å². The van der Waals surface area contributed by atoms with Gasteiger partial charge in [0.25, 0.3) is 5.91 Å². The second-order valence-corrected chi connectivity index (χ2v) is 8.65. The number of nitrogens with zero attached hydrogens (tertiary/aromatic N) is 1. The number of rotatable bonds is 6. The number of thiophene rings is 1. The zero-order valence-electron chi connectivity index (χ0n) is 15.7. The molecular weight excluding hydrogens is 374 g/mol. The standard InChI is InChI=1S/C21H23N3O3S/c1-20(16-9-5-12-28-16)18(26)24(19(27)23-20)13-17(25)22-14-21(10-6-11-21)15-7-3-2-4-8-15/h2-5,7-9,12H,6,10-11,13-14H2,1H3,(H,22,25)(H,23,27). The van der Waals surface area contributed by atoms with E-state index in [9.17, 15) is 14.4 Å². The SMILES string of the molecule is CC1(c2cccs2)NC(=O)N(CC(=O)NCC2(c3ccccc3)CCC2)C1=O. The number of urea groups is 1. The highest BCUT2D eigenvalue weighted by molar-refractivity contribution is 7.10. The second-order valence-electron chi connectivity index (χ2n) is 7.70. The van der Waals surface area contributed by atoms with Crippen LogP contribution in [0.25, 0.3) is 0 Å². The van der Waals surface area contributed by atoms with Crippen molar-refractivity contribution in [2.75, 3.05) is 13.1 Å². The first kappa shape index (κ1) is 18.7. The Balaban J connectivity index is 1.40. The first-order chi connectivity index (χ1) is 13.4. The maximum absolute atomic E-state index is 12.8. The molecule has 1 unspecified atom stereocenters. The lowest BCUT2D eigenvalue weighted by molar-refractivity contribution is -0.134. The van der Waals surface area contributed by atoms with Crippen molar-refractivity contribution in [2.45, 2.75) is 37.1 Å². The fourth-order valence-electron chi connectivity index (χ4n) is 4.00. The van der Waals surface area contributed by atoms with Crippen LogP contribution in [0.5, 0.6) is 0 Å². The summed E-state index contributed by atoms with van der Waals surface area (Å²) in [5, 5.41) is 7.53. The van der Waals surface area contributed by atoms with Crippen LogP contribution in [0, 0.1) is 0 Å². The lowest BCUT2D eigenvalue weighted by Crippen LogP contribution is -2.49.